The van der Waals surface area contributed by atoms with Crippen molar-refractivity contribution in [3.63, 3.8) is 0 Å². The lowest BCUT2D eigenvalue weighted by atomic mass is 10.1. The Kier molecular flexibility index (Phi) is 6.85. The molecule has 1 heterocycles. The smallest absolute Gasteiger partial charge is 0.187 e. The van der Waals surface area contributed by atoms with Crippen LogP contribution in [0, 0.1) is 0 Å². The Balaban J connectivity index is 1.76. The molecule has 0 radical (unpaired) electrons. The highest BCUT2D eigenvalue weighted by atomic mass is 79.9. The molecule has 0 aliphatic carbocycles. The number of carbonyl (C=O) groups excluding carboxylic acids is 1. The van der Waals surface area contributed by atoms with Crippen LogP contribution < -0.4 is 9.47 Å². The van der Waals surface area contributed by atoms with E-state index in [-0.39, 0.29) is 5.78 Å². The third kappa shape index (κ3) is 5.21. The first-order valence-electron chi connectivity index (χ1n) is 8.44. The molecular formula is C22H17BrClNO3. The van der Waals surface area contributed by atoms with Crippen LogP contribution in [0.3, 0.4) is 0 Å². The predicted molar refractivity (Wildman–Crippen MR) is 114 cm³/mol. The van der Waals surface area contributed by atoms with Gasteiger partial charge >= 0.3 is 0 Å². The third-order valence-corrected chi connectivity index (χ3v) is 4.81. The zero-order valence-corrected chi connectivity index (χ0v) is 17.4. The van der Waals surface area contributed by atoms with Gasteiger partial charge in [-0.2, -0.15) is 0 Å². The number of rotatable bonds is 7. The molecule has 3 aromatic rings. The lowest BCUT2D eigenvalue weighted by Gasteiger charge is -2.12. The number of aromatic nitrogens is 1. The number of nitrogens with zero attached hydrogens (tertiary/aromatic N) is 1. The van der Waals surface area contributed by atoms with Crippen LogP contribution in [0.2, 0.25) is 5.02 Å². The second-order valence-electron chi connectivity index (χ2n) is 5.87. The summed E-state index contributed by atoms with van der Waals surface area (Å²) in [4.78, 5) is 16.2. The van der Waals surface area contributed by atoms with Gasteiger partial charge in [0.2, 0.25) is 0 Å². The molecule has 0 aliphatic heterocycles. The van der Waals surface area contributed by atoms with Gasteiger partial charge in [-0.05, 0) is 70.0 Å². The highest BCUT2D eigenvalue weighted by Crippen LogP contribution is 2.30. The van der Waals surface area contributed by atoms with Gasteiger partial charge in [-0.25, -0.2) is 0 Å². The quantitative estimate of drug-likeness (QED) is 0.323. The number of halogens is 2. The minimum atomic E-state index is -0.105. The standard InChI is InChI=1S/C22H17BrClNO3/c1-27-21-8-5-15(4-7-20(26)16-3-2-10-25-13-16)11-17(21)14-28-22-9-6-18(24)12-19(22)23/h2-13H,14H2,1H3/b7-4+. The molecule has 142 valence electrons. The molecule has 0 amide bonds. The Morgan fingerprint density at radius 2 is 2.00 bits per heavy atom. The van der Waals surface area contributed by atoms with Gasteiger partial charge in [-0.3, -0.25) is 9.78 Å². The number of hydrogen-bond acceptors (Lipinski definition) is 4. The Hall–Kier alpha value is -2.63. The highest BCUT2D eigenvalue weighted by molar-refractivity contribution is 9.10. The van der Waals surface area contributed by atoms with E-state index in [1.807, 2.05) is 18.2 Å². The molecule has 0 spiro atoms. The van der Waals surface area contributed by atoms with Crippen LogP contribution in [0.15, 0.2) is 71.5 Å². The average Bonchev–Trinajstić information content (AvgIpc) is 2.72. The maximum Gasteiger partial charge on any atom is 0.187 e. The van der Waals surface area contributed by atoms with Crippen LogP contribution in [0.25, 0.3) is 6.08 Å². The number of pyridine rings is 1. The van der Waals surface area contributed by atoms with Crippen LogP contribution >= 0.6 is 27.5 Å². The maximum atomic E-state index is 12.2. The van der Waals surface area contributed by atoms with E-state index in [4.69, 9.17) is 21.1 Å². The van der Waals surface area contributed by atoms with Crippen molar-refractivity contribution >= 4 is 39.4 Å². The number of benzene rings is 2. The van der Waals surface area contributed by atoms with Crippen LogP contribution in [-0.4, -0.2) is 17.9 Å². The summed E-state index contributed by atoms with van der Waals surface area (Å²) in [6.07, 6.45) is 6.47. The average molecular weight is 459 g/mol. The number of carbonyl (C=O) groups is 1. The number of ketones is 1. The number of ether oxygens (including phenoxy) is 2. The summed E-state index contributed by atoms with van der Waals surface area (Å²) in [5.41, 5.74) is 2.27. The van der Waals surface area contributed by atoms with E-state index in [0.29, 0.717) is 28.7 Å². The summed E-state index contributed by atoms with van der Waals surface area (Å²) in [5, 5.41) is 0.627. The van der Waals surface area contributed by atoms with E-state index in [0.717, 1.165) is 15.6 Å². The van der Waals surface area contributed by atoms with Crippen LogP contribution in [0.4, 0.5) is 0 Å². The molecule has 4 nitrogen and oxygen atoms in total. The molecule has 2 aromatic carbocycles. The second-order valence-corrected chi connectivity index (χ2v) is 7.16. The number of allylic oxidation sites excluding steroid dienone is 1. The molecule has 0 unspecified atom stereocenters. The lowest BCUT2D eigenvalue weighted by molar-refractivity contribution is 0.104. The van der Waals surface area contributed by atoms with Gasteiger partial charge in [0.1, 0.15) is 18.1 Å². The first-order chi connectivity index (χ1) is 13.6. The molecule has 0 saturated carbocycles. The van der Waals surface area contributed by atoms with Gasteiger partial charge in [-0.1, -0.05) is 23.7 Å². The predicted octanol–water partition coefficient (Wildman–Crippen LogP) is 5.98. The van der Waals surface area contributed by atoms with Gasteiger partial charge in [0.15, 0.2) is 5.78 Å². The zero-order valence-electron chi connectivity index (χ0n) is 15.1. The SMILES string of the molecule is COc1ccc(/C=C/C(=O)c2cccnc2)cc1COc1ccc(Cl)cc1Br. The summed E-state index contributed by atoms with van der Waals surface area (Å²) in [5.74, 6) is 1.28. The zero-order chi connectivity index (χ0) is 19.9. The Bertz CT molecular complexity index is 1010. The maximum absolute atomic E-state index is 12.2. The molecular weight excluding hydrogens is 442 g/mol. The Morgan fingerprint density at radius 3 is 2.71 bits per heavy atom. The van der Waals surface area contributed by atoms with Crippen molar-refractivity contribution in [3.8, 4) is 11.5 Å². The topological polar surface area (TPSA) is 48.4 Å². The summed E-state index contributed by atoms with van der Waals surface area (Å²) < 4.78 is 12.1. The Labute approximate surface area is 176 Å². The van der Waals surface area contributed by atoms with Gasteiger partial charge in [-0.15, -0.1) is 0 Å². The first-order valence-corrected chi connectivity index (χ1v) is 9.61. The van der Waals surface area contributed by atoms with Gasteiger partial charge in [0.25, 0.3) is 0 Å². The fourth-order valence-corrected chi connectivity index (χ4v) is 3.34. The molecule has 1 aromatic heterocycles. The van der Waals surface area contributed by atoms with Crippen LogP contribution in [0.5, 0.6) is 11.5 Å². The van der Waals surface area contributed by atoms with Gasteiger partial charge < -0.3 is 9.47 Å². The summed E-state index contributed by atoms with van der Waals surface area (Å²) in [6.45, 7) is 0.307. The molecule has 0 aliphatic rings. The van der Waals surface area contributed by atoms with E-state index in [1.165, 1.54) is 6.08 Å². The fourth-order valence-electron chi connectivity index (χ4n) is 2.54. The molecule has 6 heteroatoms. The van der Waals surface area contributed by atoms with Crippen molar-refractivity contribution in [2.75, 3.05) is 7.11 Å². The monoisotopic (exact) mass is 457 g/mol. The minimum Gasteiger partial charge on any atom is -0.496 e. The van der Waals surface area contributed by atoms with Crippen molar-refractivity contribution in [3.05, 3.63) is 93.2 Å². The van der Waals surface area contributed by atoms with Crippen molar-refractivity contribution in [1.29, 1.82) is 0 Å². The molecule has 0 saturated heterocycles. The summed E-state index contributed by atoms with van der Waals surface area (Å²) in [6, 6.07) is 14.5. The Morgan fingerprint density at radius 1 is 1.18 bits per heavy atom. The second kappa shape index (κ2) is 9.53. The van der Waals surface area contributed by atoms with Crippen molar-refractivity contribution < 1.29 is 14.3 Å². The number of methoxy groups -OCH3 is 1. The fraction of sp³-hybridized carbons (Fsp3) is 0.0909. The first kappa shape index (κ1) is 20.1. The molecule has 0 bridgehead atoms. The van der Waals surface area contributed by atoms with Crippen LogP contribution in [-0.2, 0) is 6.61 Å². The summed E-state index contributed by atoms with van der Waals surface area (Å²) >= 11 is 9.40. The van der Waals surface area contributed by atoms with Crippen LogP contribution in [0.1, 0.15) is 21.5 Å². The lowest BCUT2D eigenvalue weighted by Crippen LogP contribution is -2.00. The van der Waals surface area contributed by atoms with E-state index in [9.17, 15) is 4.79 Å². The number of hydrogen-bond donors (Lipinski definition) is 0. The molecule has 3 rings (SSSR count). The highest BCUT2D eigenvalue weighted by Gasteiger charge is 2.08. The van der Waals surface area contributed by atoms with E-state index < -0.39 is 0 Å². The normalized spacial score (nSPS) is 10.8. The molecule has 28 heavy (non-hydrogen) atoms. The van der Waals surface area contributed by atoms with E-state index in [1.54, 1.807) is 55.9 Å². The molecule has 0 N–H and O–H groups in total. The van der Waals surface area contributed by atoms with Gasteiger partial charge in [0.05, 0.1) is 11.6 Å². The van der Waals surface area contributed by atoms with Crippen molar-refractivity contribution in [2.24, 2.45) is 0 Å². The third-order valence-electron chi connectivity index (χ3n) is 3.95. The van der Waals surface area contributed by atoms with Crippen molar-refractivity contribution in [1.82, 2.24) is 4.98 Å². The largest absolute Gasteiger partial charge is 0.496 e. The van der Waals surface area contributed by atoms with Crippen molar-refractivity contribution in [2.45, 2.75) is 6.61 Å². The van der Waals surface area contributed by atoms with E-state index in [2.05, 4.69) is 20.9 Å². The van der Waals surface area contributed by atoms with Gasteiger partial charge in [0, 0.05) is 28.5 Å². The molecule has 0 atom stereocenters. The minimum absolute atomic E-state index is 0.105. The van der Waals surface area contributed by atoms with E-state index >= 15 is 0 Å². The molecule has 0 fully saturated rings. The summed E-state index contributed by atoms with van der Waals surface area (Å²) in [7, 11) is 1.61.